The fourth-order valence-corrected chi connectivity index (χ4v) is 0.831. The van der Waals surface area contributed by atoms with Gasteiger partial charge in [-0.3, -0.25) is 0 Å². The van der Waals surface area contributed by atoms with Gasteiger partial charge in [-0.2, -0.15) is 0 Å². The quantitative estimate of drug-likeness (QED) is 0.630. The Bertz CT molecular complexity index is 258. The smallest absolute Gasteiger partial charge is 0.345 e. The molecular formula is C9H8FO2. The summed E-state index contributed by atoms with van der Waals surface area (Å²) in [5.41, 5.74) is 0.283. The van der Waals surface area contributed by atoms with Crippen LogP contribution in [0.2, 0.25) is 0 Å². The Balaban J connectivity index is 2.78. The summed E-state index contributed by atoms with van der Waals surface area (Å²) in [5, 5.41) is 0. The summed E-state index contributed by atoms with van der Waals surface area (Å²) in [6.45, 7) is 0. The van der Waals surface area contributed by atoms with Gasteiger partial charge >= 0.3 is 5.97 Å². The second kappa shape index (κ2) is 3.85. The van der Waals surface area contributed by atoms with Gasteiger partial charge in [0.2, 0.25) is 6.17 Å². The number of ether oxygens (including phenoxy) is 1. The van der Waals surface area contributed by atoms with E-state index >= 15 is 0 Å². The molecule has 0 aliphatic heterocycles. The van der Waals surface area contributed by atoms with Crippen molar-refractivity contribution in [2.75, 3.05) is 0 Å². The van der Waals surface area contributed by atoms with Gasteiger partial charge in [-0.25, -0.2) is 9.18 Å². The Labute approximate surface area is 70.0 Å². The van der Waals surface area contributed by atoms with E-state index in [1.54, 1.807) is 18.2 Å². The molecule has 0 amide bonds. The Morgan fingerprint density at radius 3 is 2.50 bits per heavy atom. The fraction of sp³-hybridized carbons (Fsp3) is 0.111. The molecule has 1 atom stereocenters. The molecule has 1 radical (unpaired) electrons. The molecule has 2 nitrogen and oxygen atoms in total. The minimum atomic E-state index is -1.73. The van der Waals surface area contributed by atoms with Gasteiger partial charge in [-0.15, -0.1) is 0 Å². The average molecular weight is 167 g/mol. The van der Waals surface area contributed by atoms with Crippen LogP contribution in [0.25, 0.3) is 0 Å². The zero-order chi connectivity index (χ0) is 8.97. The lowest BCUT2D eigenvalue weighted by molar-refractivity contribution is -0.144. The minimum absolute atomic E-state index is 0.283. The minimum Gasteiger partial charge on any atom is -0.460 e. The molecular weight excluding hydrogens is 159 g/mol. The van der Waals surface area contributed by atoms with Crippen molar-refractivity contribution in [2.24, 2.45) is 0 Å². The lowest BCUT2D eigenvalue weighted by Gasteiger charge is -2.04. The van der Waals surface area contributed by atoms with Crippen LogP contribution in [0, 0.1) is 7.11 Å². The summed E-state index contributed by atoms with van der Waals surface area (Å²) >= 11 is 0. The standard InChI is InChI=1S/C9H8FO2/c1-12-9(11)8(10)7-5-3-2-4-6-7/h2-6,8H,1H2. The fourth-order valence-electron chi connectivity index (χ4n) is 0.831. The van der Waals surface area contributed by atoms with Crippen LogP contribution in [0.3, 0.4) is 0 Å². The first-order chi connectivity index (χ1) is 5.75. The predicted molar refractivity (Wildman–Crippen MR) is 41.7 cm³/mol. The Kier molecular flexibility index (Phi) is 2.80. The molecule has 0 saturated heterocycles. The normalized spacial score (nSPS) is 12.2. The van der Waals surface area contributed by atoms with Gasteiger partial charge in [-0.1, -0.05) is 30.3 Å². The van der Waals surface area contributed by atoms with Crippen molar-refractivity contribution in [3.05, 3.63) is 43.0 Å². The van der Waals surface area contributed by atoms with E-state index in [4.69, 9.17) is 0 Å². The summed E-state index contributed by atoms with van der Waals surface area (Å²) in [4.78, 5) is 10.7. The number of rotatable bonds is 2. The molecule has 0 aliphatic rings. The lowest BCUT2D eigenvalue weighted by atomic mass is 10.1. The molecule has 0 fully saturated rings. The molecule has 63 valence electrons. The number of benzene rings is 1. The topological polar surface area (TPSA) is 26.3 Å². The third kappa shape index (κ3) is 1.81. The maximum absolute atomic E-state index is 13.0. The molecule has 0 N–H and O–H groups in total. The Morgan fingerprint density at radius 1 is 1.42 bits per heavy atom. The third-order valence-electron chi connectivity index (χ3n) is 1.44. The number of halogens is 1. The van der Waals surface area contributed by atoms with Crippen molar-refractivity contribution in [3.8, 4) is 0 Å². The monoisotopic (exact) mass is 167 g/mol. The molecule has 0 aromatic heterocycles. The molecule has 0 saturated carbocycles. The van der Waals surface area contributed by atoms with Crippen LogP contribution in [0.5, 0.6) is 0 Å². The number of hydrogen-bond donors (Lipinski definition) is 0. The number of hydrogen-bond acceptors (Lipinski definition) is 2. The summed E-state index contributed by atoms with van der Waals surface area (Å²) in [5.74, 6) is -0.971. The molecule has 12 heavy (non-hydrogen) atoms. The van der Waals surface area contributed by atoms with Crippen molar-refractivity contribution >= 4 is 5.97 Å². The van der Waals surface area contributed by atoms with Crippen LogP contribution >= 0.6 is 0 Å². The zero-order valence-electron chi connectivity index (χ0n) is 6.37. The highest BCUT2D eigenvalue weighted by Gasteiger charge is 2.19. The third-order valence-corrected chi connectivity index (χ3v) is 1.44. The highest BCUT2D eigenvalue weighted by atomic mass is 19.1. The predicted octanol–water partition coefficient (Wildman–Crippen LogP) is 2.03. The van der Waals surface area contributed by atoms with Gasteiger partial charge in [0, 0.05) is 0 Å². The first-order valence-corrected chi connectivity index (χ1v) is 3.40. The van der Waals surface area contributed by atoms with Crippen molar-refractivity contribution in [1.82, 2.24) is 0 Å². The molecule has 0 spiro atoms. The van der Waals surface area contributed by atoms with Gasteiger partial charge in [0.25, 0.3) is 0 Å². The van der Waals surface area contributed by atoms with E-state index in [1.807, 2.05) is 0 Å². The molecule has 3 heteroatoms. The first-order valence-electron chi connectivity index (χ1n) is 3.40. The van der Waals surface area contributed by atoms with Crippen molar-refractivity contribution < 1.29 is 13.9 Å². The van der Waals surface area contributed by atoms with Gasteiger partial charge < -0.3 is 4.74 Å². The van der Waals surface area contributed by atoms with Gasteiger partial charge in [0.15, 0.2) is 0 Å². The highest BCUT2D eigenvalue weighted by Crippen LogP contribution is 2.17. The second-order valence-corrected chi connectivity index (χ2v) is 2.24. The number of alkyl halides is 1. The molecule has 1 aromatic carbocycles. The molecule has 1 unspecified atom stereocenters. The van der Waals surface area contributed by atoms with E-state index in [9.17, 15) is 9.18 Å². The van der Waals surface area contributed by atoms with Gasteiger partial charge in [-0.05, 0) is 5.56 Å². The number of esters is 1. The molecule has 0 bridgehead atoms. The van der Waals surface area contributed by atoms with E-state index in [0.717, 1.165) is 0 Å². The van der Waals surface area contributed by atoms with Crippen LogP contribution in [-0.2, 0) is 9.53 Å². The molecule has 0 aliphatic carbocycles. The van der Waals surface area contributed by atoms with Gasteiger partial charge in [0.05, 0.1) is 0 Å². The van der Waals surface area contributed by atoms with E-state index in [-0.39, 0.29) is 5.56 Å². The molecule has 1 rings (SSSR count). The van der Waals surface area contributed by atoms with E-state index in [1.165, 1.54) is 12.1 Å². The summed E-state index contributed by atoms with van der Waals surface area (Å²) in [7, 11) is 2.84. The largest absolute Gasteiger partial charge is 0.460 e. The molecule has 0 heterocycles. The second-order valence-electron chi connectivity index (χ2n) is 2.24. The highest BCUT2D eigenvalue weighted by molar-refractivity contribution is 5.76. The van der Waals surface area contributed by atoms with Crippen molar-refractivity contribution in [1.29, 1.82) is 0 Å². The van der Waals surface area contributed by atoms with Gasteiger partial charge in [0.1, 0.15) is 7.11 Å². The van der Waals surface area contributed by atoms with Crippen LogP contribution in [0.4, 0.5) is 4.39 Å². The number of carbonyl (C=O) groups is 1. The Hall–Kier alpha value is -1.38. The van der Waals surface area contributed by atoms with E-state index in [0.29, 0.717) is 0 Å². The first kappa shape index (κ1) is 8.71. The molecule has 1 aromatic rings. The summed E-state index contributed by atoms with van der Waals surface area (Å²) in [6, 6.07) is 8.07. The maximum Gasteiger partial charge on any atom is 0.345 e. The van der Waals surface area contributed by atoms with E-state index in [2.05, 4.69) is 11.8 Å². The average Bonchev–Trinajstić information content (AvgIpc) is 2.17. The van der Waals surface area contributed by atoms with Crippen LogP contribution in [0.15, 0.2) is 30.3 Å². The van der Waals surface area contributed by atoms with Crippen LogP contribution in [0.1, 0.15) is 11.7 Å². The summed E-state index contributed by atoms with van der Waals surface area (Å²) < 4.78 is 17.0. The van der Waals surface area contributed by atoms with Crippen LogP contribution < -0.4 is 0 Å². The van der Waals surface area contributed by atoms with Crippen LogP contribution in [-0.4, -0.2) is 5.97 Å². The Morgan fingerprint density at radius 2 is 2.00 bits per heavy atom. The van der Waals surface area contributed by atoms with E-state index < -0.39 is 12.1 Å². The van der Waals surface area contributed by atoms with Crippen molar-refractivity contribution in [3.63, 3.8) is 0 Å². The maximum atomic E-state index is 13.0. The van der Waals surface area contributed by atoms with Crippen molar-refractivity contribution in [2.45, 2.75) is 6.17 Å². The number of carbonyl (C=O) groups excluding carboxylic acids is 1. The zero-order valence-corrected chi connectivity index (χ0v) is 6.37. The summed E-state index contributed by atoms with van der Waals surface area (Å²) in [6.07, 6.45) is -1.73. The SMILES string of the molecule is [CH2]OC(=O)C(F)c1ccccc1. The lowest BCUT2D eigenvalue weighted by Crippen LogP contribution is -2.08.